The third kappa shape index (κ3) is 5.39. The summed E-state index contributed by atoms with van der Waals surface area (Å²) >= 11 is 0. The van der Waals surface area contributed by atoms with Gasteiger partial charge in [-0.05, 0) is 17.7 Å². The summed E-state index contributed by atoms with van der Waals surface area (Å²) in [6, 6.07) is 16.7. The summed E-state index contributed by atoms with van der Waals surface area (Å²) in [7, 11) is 3.47. The number of quaternary nitrogens is 1. The van der Waals surface area contributed by atoms with Crippen molar-refractivity contribution in [2.45, 2.75) is 6.10 Å². The molecule has 2 rings (SSSR count). The minimum Gasteiger partial charge on any atom is -0.497 e. The van der Waals surface area contributed by atoms with Crippen molar-refractivity contribution < 1.29 is 19.5 Å². The maximum atomic E-state index is 12.1. The van der Waals surface area contributed by atoms with E-state index in [1.54, 1.807) is 13.2 Å². The summed E-state index contributed by atoms with van der Waals surface area (Å²) in [6.07, 6.45) is -0.583. The zero-order valence-electron chi connectivity index (χ0n) is 13.5. The van der Waals surface area contributed by atoms with E-state index in [9.17, 15) is 9.90 Å². The van der Waals surface area contributed by atoms with Gasteiger partial charge in [-0.2, -0.15) is 0 Å². The van der Waals surface area contributed by atoms with E-state index in [1.807, 2.05) is 55.6 Å². The smallest absolute Gasteiger partial charge is 0.279 e. The fourth-order valence-corrected chi connectivity index (χ4v) is 2.38. The van der Waals surface area contributed by atoms with Crippen LogP contribution in [0.1, 0.15) is 11.7 Å². The highest BCUT2D eigenvalue weighted by Crippen LogP contribution is 2.16. The van der Waals surface area contributed by atoms with Crippen LogP contribution in [0.2, 0.25) is 0 Å². The van der Waals surface area contributed by atoms with Crippen LogP contribution in [-0.2, 0) is 4.79 Å². The molecule has 0 radical (unpaired) electrons. The van der Waals surface area contributed by atoms with Crippen LogP contribution in [0, 0.1) is 0 Å². The number of aliphatic hydroxyl groups is 1. The lowest BCUT2D eigenvalue weighted by atomic mass is 10.1. The second-order valence-corrected chi connectivity index (χ2v) is 5.54. The van der Waals surface area contributed by atoms with Gasteiger partial charge in [-0.3, -0.25) is 4.79 Å². The molecule has 0 aliphatic rings. The first kappa shape index (κ1) is 17.0. The number of carbonyl (C=O) groups is 1. The van der Waals surface area contributed by atoms with Crippen LogP contribution in [-0.4, -0.2) is 38.3 Å². The third-order valence-corrected chi connectivity index (χ3v) is 3.54. The number of methoxy groups -OCH3 is 1. The van der Waals surface area contributed by atoms with E-state index in [1.165, 1.54) is 0 Å². The van der Waals surface area contributed by atoms with Crippen molar-refractivity contribution in [3.05, 3.63) is 60.2 Å². The van der Waals surface area contributed by atoms with E-state index in [0.717, 1.165) is 10.5 Å². The van der Waals surface area contributed by atoms with Crippen molar-refractivity contribution >= 4 is 11.6 Å². The van der Waals surface area contributed by atoms with Crippen molar-refractivity contribution in [3.63, 3.8) is 0 Å². The van der Waals surface area contributed by atoms with E-state index in [2.05, 4.69) is 5.32 Å². The lowest BCUT2D eigenvalue weighted by Gasteiger charge is -2.18. The Kier molecular flexibility index (Phi) is 6.14. The average Bonchev–Trinajstić information content (AvgIpc) is 2.55. The van der Waals surface area contributed by atoms with Crippen molar-refractivity contribution in [1.82, 2.24) is 0 Å². The first-order valence-corrected chi connectivity index (χ1v) is 7.56. The van der Waals surface area contributed by atoms with Gasteiger partial charge in [0, 0.05) is 11.8 Å². The molecule has 0 aromatic heterocycles. The van der Waals surface area contributed by atoms with Gasteiger partial charge in [0.2, 0.25) is 0 Å². The average molecular weight is 315 g/mol. The van der Waals surface area contributed by atoms with Gasteiger partial charge in [-0.25, -0.2) is 0 Å². The van der Waals surface area contributed by atoms with E-state index in [4.69, 9.17) is 4.74 Å². The quantitative estimate of drug-likeness (QED) is 0.711. The molecular weight excluding hydrogens is 292 g/mol. The van der Waals surface area contributed by atoms with Gasteiger partial charge in [0.15, 0.2) is 6.54 Å². The molecule has 2 aromatic carbocycles. The molecule has 5 heteroatoms. The summed E-state index contributed by atoms with van der Waals surface area (Å²) in [5, 5.41) is 13.0. The molecular formula is C18H23N2O3+. The van der Waals surface area contributed by atoms with Gasteiger partial charge in [-0.15, -0.1) is 0 Å². The SMILES string of the molecule is COc1cccc(NC(=O)C[NH+](C)C[C@@H](O)c2ccccc2)c1. The van der Waals surface area contributed by atoms with E-state index >= 15 is 0 Å². The minimum atomic E-state index is -0.583. The maximum absolute atomic E-state index is 12.1. The Morgan fingerprint density at radius 2 is 1.96 bits per heavy atom. The molecule has 0 saturated heterocycles. The normalized spacial score (nSPS) is 13.2. The number of hydrogen-bond acceptors (Lipinski definition) is 3. The molecule has 5 nitrogen and oxygen atoms in total. The monoisotopic (exact) mass is 315 g/mol. The number of likely N-dealkylation sites (N-methyl/N-ethyl adjacent to an activating group) is 1. The third-order valence-electron chi connectivity index (χ3n) is 3.54. The highest BCUT2D eigenvalue weighted by Gasteiger charge is 2.16. The van der Waals surface area contributed by atoms with Gasteiger partial charge < -0.3 is 20.1 Å². The van der Waals surface area contributed by atoms with E-state index < -0.39 is 6.10 Å². The van der Waals surface area contributed by atoms with Crippen LogP contribution in [0.3, 0.4) is 0 Å². The van der Waals surface area contributed by atoms with Crippen molar-refractivity contribution in [2.24, 2.45) is 0 Å². The summed E-state index contributed by atoms with van der Waals surface area (Å²) in [5.41, 5.74) is 1.56. The predicted molar refractivity (Wildman–Crippen MR) is 89.6 cm³/mol. The van der Waals surface area contributed by atoms with Crippen molar-refractivity contribution in [2.75, 3.05) is 32.6 Å². The predicted octanol–water partition coefficient (Wildman–Crippen LogP) is 0.882. The summed E-state index contributed by atoms with van der Waals surface area (Å²) in [6.45, 7) is 0.747. The number of aliphatic hydroxyl groups excluding tert-OH is 1. The molecule has 0 saturated carbocycles. The summed E-state index contributed by atoms with van der Waals surface area (Å²) in [5.74, 6) is 0.596. The molecule has 0 aliphatic carbocycles. The fourth-order valence-electron chi connectivity index (χ4n) is 2.38. The van der Waals surface area contributed by atoms with Crippen LogP contribution < -0.4 is 15.0 Å². The molecule has 3 N–H and O–H groups in total. The minimum absolute atomic E-state index is 0.101. The Bertz CT molecular complexity index is 631. The lowest BCUT2D eigenvalue weighted by molar-refractivity contribution is -0.875. The molecule has 2 atom stereocenters. The fraction of sp³-hybridized carbons (Fsp3) is 0.278. The van der Waals surface area contributed by atoms with Gasteiger partial charge >= 0.3 is 0 Å². The van der Waals surface area contributed by atoms with E-state index in [-0.39, 0.29) is 12.5 Å². The standard InChI is InChI=1S/C18H22N2O3/c1-20(12-17(21)14-7-4-3-5-8-14)13-18(22)19-15-9-6-10-16(11-15)23-2/h3-11,17,21H,12-13H2,1-2H3,(H,19,22)/p+1/t17-/m1/s1. The van der Waals surface area contributed by atoms with Gasteiger partial charge in [0.1, 0.15) is 18.4 Å². The van der Waals surface area contributed by atoms with Crippen molar-refractivity contribution in [3.8, 4) is 5.75 Å². The molecule has 0 heterocycles. The maximum Gasteiger partial charge on any atom is 0.279 e. The van der Waals surface area contributed by atoms with Crippen molar-refractivity contribution in [1.29, 1.82) is 0 Å². The lowest BCUT2D eigenvalue weighted by Crippen LogP contribution is -3.10. The highest BCUT2D eigenvalue weighted by atomic mass is 16.5. The van der Waals surface area contributed by atoms with Crippen LogP contribution in [0.15, 0.2) is 54.6 Å². The number of anilines is 1. The number of amides is 1. The number of hydrogen-bond donors (Lipinski definition) is 3. The Morgan fingerprint density at radius 3 is 2.65 bits per heavy atom. The zero-order valence-corrected chi connectivity index (χ0v) is 13.5. The number of ether oxygens (including phenoxy) is 1. The largest absolute Gasteiger partial charge is 0.497 e. The molecule has 23 heavy (non-hydrogen) atoms. The summed E-state index contributed by atoms with van der Waals surface area (Å²) in [4.78, 5) is 13.0. The second kappa shape index (κ2) is 8.31. The zero-order chi connectivity index (χ0) is 16.7. The van der Waals surface area contributed by atoms with Gasteiger partial charge in [0.25, 0.3) is 5.91 Å². The van der Waals surface area contributed by atoms with Gasteiger partial charge in [0.05, 0.1) is 14.2 Å². The highest BCUT2D eigenvalue weighted by molar-refractivity contribution is 5.91. The molecule has 122 valence electrons. The van der Waals surface area contributed by atoms with Crippen LogP contribution in [0.5, 0.6) is 5.75 Å². The Hall–Kier alpha value is -2.37. The summed E-state index contributed by atoms with van der Waals surface area (Å²) < 4.78 is 5.13. The number of nitrogens with one attached hydrogen (secondary N) is 2. The molecule has 2 aromatic rings. The second-order valence-electron chi connectivity index (χ2n) is 5.54. The Balaban J connectivity index is 1.84. The molecule has 0 aliphatic heterocycles. The first-order valence-electron chi connectivity index (χ1n) is 7.56. The van der Waals surface area contributed by atoms with E-state index in [0.29, 0.717) is 18.0 Å². The molecule has 0 bridgehead atoms. The molecule has 1 unspecified atom stereocenters. The molecule has 0 fully saturated rings. The van der Waals surface area contributed by atoms with Gasteiger partial charge in [-0.1, -0.05) is 36.4 Å². The van der Waals surface area contributed by atoms with Crippen LogP contribution in [0.4, 0.5) is 5.69 Å². The number of benzene rings is 2. The van der Waals surface area contributed by atoms with Crippen LogP contribution in [0.25, 0.3) is 0 Å². The number of rotatable bonds is 7. The molecule has 0 spiro atoms. The molecule has 1 amide bonds. The topological polar surface area (TPSA) is 63.0 Å². The Labute approximate surface area is 136 Å². The Morgan fingerprint density at radius 1 is 1.22 bits per heavy atom. The number of carbonyl (C=O) groups excluding carboxylic acids is 1. The first-order chi connectivity index (χ1) is 11.1. The van der Waals surface area contributed by atoms with Crippen LogP contribution >= 0.6 is 0 Å².